The Morgan fingerprint density at radius 1 is 1.35 bits per heavy atom. The van der Waals surface area contributed by atoms with Gasteiger partial charge in [0.1, 0.15) is 6.10 Å². The second-order valence-corrected chi connectivity index (χ2v) is 4.00. The van der Waals surface area contributed by atoms with Gasteiger partial charge in [0.05, 0.1) is 23.7 Å². The first-order chi connectivity index (χ1) is 8.25. The molecule has 0 aliphatic heterocycles. The summed E-state index contributed by atoms with van der Waals surface area (Å²) in [5, 5.41) is 14.5. The standard InChI is InChI=1S/C12H12N4O/c1-15-7-10(13-8-15)12(17)9-6-14-16-5-3-2-4-11(9)16/h2-8,12,17H,1H3. The van der Waals surface area contributed by atoms with E-state index >= 15 is 0 Å². The molecule has 0 bridgehead atoms. The van der Waals surface area contributed by atoms with Gasteiger partial charge in [-0.25, -0.2) is 9.50 Å². The van der Waals surface area contributed by atoms with Crippen LogP contribution in [0.5, 0.6) is 0 Å². The third-order valence-electron chi connectivity index (χ3n) is 2.76. The summed E-state index contributed by atoms with van der Waals surface area (Å²) in [5.74, 6) is 0. The number of hydrogen-bond donors (Lipinski definition) is 1. The SMILES string of the molecule is Cn1cnc(C(O)c2cnn3ccccc23)c1. The molecule has 3 aromatic rings. The van der Waals surface area contributed by atoms with Crippen LogP contribution in [0.25, 0.3) is 5.52 Å². The van der Waals surface area contributed by atoms with Crippen molar-refractivity contribution in [3.8, 4) is 0 Å². The van der Waals surface area contributed by atoms with E-state index in [1.165, 1.54) is 0 Å². The first-order valence-electron chi connectivity index (χ1n) is 5.34. The number of nitrogens with zero attached hydrogens (tertiary/aromatic N) is 4. The zero-order valence-corrected chi connectivity index (χ0v) is 9.35. The first kappa shape index (κ1) is 10.0. The first-order valence-corrected chi connectivity index (χ1v) is 5.34. The molecule has 1 atom stereocenters. The number of hydrogen-bond acceptors (Lipinski definition) is 3. The summed E-state index contributed by atoms with van der Waals surface area (Å²) in [7, 11) is 1.87. The van der Waals surface area contributed by atoms with E-state index in [0.717, 1.165) is 11.1 Å². The van der Waals surface area contributed by atoms with Gasteiger partial charge in [-0.05, 0) is 12.1 Å². The second-order valence-electron chi connectivity index (χ2n) is 4.00. The number of aryl methyl sites for hydroxylation is 1. The Hall–Kier alpha value is -2.14. The van der Waals surface area contributed by atoms with Crippen LogP contribution in [0.3, 0.4) is 0 Å². The molecule has 0 fully saturated rings. The van der Waals surface area contributed by atoms with Gasteiger partial charge < -0.3 is 9.67 Å². The highest BCUT2D eigenvalue weighted by Crippen LogP contribution is 2.23. The lowest BCUT2D eigenvalue weighted by Gasteiger charge is -2.05. The lowest BCUT2D eigenvalue weighted by Crippen LogP contribution is -1.99. The van der Waals surface area contributed by atoms with Crippen LogP contribution in [-0.2, 0) is 7.05 Å². The molecule has 0 aliphatic rings. The summed E-state index contributed by atoms with van der Waals surface area (Å²) < 4.78 is 3.55. The van der Waals surface area contributed by atoms with E-state index in [-0.39, 0.29) is 0 Å². The highest BCUT2D eigenvalue weighted by Gasteiger charge is 2.17. The van der Waals surface area contributed by atoms with Crippen LogP contribution in [0.1, 0.15) is 17.4 Å². The van der Waals surface area contributed by atoms with Crippen molar-refractivity contribution in [1.82, 2.24) is 19.2 Å². The molecule has 17 heavy (non-hydrogen) atoms. The van der Waals surface area contributed by atoms with Crippen molar-refractivity contribution in [3.63, 3.8) is 0 Å². The van der Waals surface area contributed by atoms with Gasteiger partial charge in [-0.15, -0.1) is 0 Å². The van der Waals surface area contributed by atoms with Crippen molar-refractivity contribution in [2.75, 3.05) is 0 Å². The van der Waals surface area contributed by atoms with Crippen LogP contribution in [0, 0.1) is 0 Å². The molecule has 5 heteroatoms. The molecule has 0 amide bonds. The fourth-order valence-electron chi connectivity index (χ4n) is 1.90. The van der Waals surface area contributed by atoms with Crippen LogP contribution < -0.4 is 0 Å². The largest absolute Gasteiger partial charge is 0.382 e. The molecule has 0 saturated carbocycles. The fraction of sp³-hybridized carbons (Fsp3) is 0.167. The average molecular weight is 228 g/mol. The lowest BCUT2D eigenvalue weighted by molar-refractivity contribution is 0.217. The van der Waals surface area contributed by atoms with Crippen molar-refractivity contribution in [3.05, 3.63) is 54.4 Å². The van der Waals surface area contributed by atoms with Gasteiger partial charge in [-0.1, -0.05) is 6.07 Å². The zero-order chi connectivity index (χ0) is 11.8. The Morgan fingerprint density at radius 3 is 3.00 bits per heavy atom. The van der Waals surface area contributed by atoms with Gasteiger partial charge in [0.15, 0.2) is 0 Å². The van der Waals surface area contributed by atoms with E-state index in [9.17, 15) is 5.11 Å². The summed E-state index contributed by atoms with van der Waals surface area (Å²) in [4.78, 5) is 4.15. The van der Waals surface area contributed by atoms with Crippen LogP contribution >= 0.6 is 0 Å². The summed E-state index contributed by atoms with van der Waals surface area (Å²) in [6, 6.07) is 5.75. The summed E-state index contributed by atoms with van der Waals surface area (Å²) in [6.45, 7) is 0. The molecule has 1 unspecified atom stereocenters. The van der Waals surface area contributed by atoms with Crippen molar-refractivity contribution >= 4 is 5.52 Å². The van der Waals surface area contributed by atoms with Gasteiger partial charge in [-0.2, -0.15) is 5.10 Å². The third-order valence-corrected chi connectivity index (χ3v) is 2.76. The number of aliphatic hydroxyl groups is 1. The Balaban J connectivity index is 2.09. The Kier molecular flexibility index (Phi) is 2.19. The van der Waals surface area contributed by atoms with Crippen molar-refractivity contribution in [2.24, 2.45) is 7.05 Å². The molecule has 0 saturated heterocycles. The topological polar surface area (TPSA) is 55.3 Å². The van der Waals surface area contributed by atoms with Crippen LogP contribution in [0.2, 0.25) is 0 Å². The van der Waals surface area contributed by atoms with Crippen molar-refractivity contribution in [2.45, 2.75) is 6.10 Å². The smallest absolute Gasteiger partial charge is 0.126 e. The number of aromatic nitrogens is 4. The quantitative estimate of drug-likeness (QED) is 0.715. The maximum Gasteiger partial charge on any atom is 0.126 e. The Labute approximate surface area is 98.0 Å². The van der Waals surface area contributed by atoms with Gasteiger partial charge in [0.2, 0.25) is 0 Å². The van der Waals surface area contributed by atoms with Crippen LogP contribution in [0.15, 0.2) is 43.1 Å². The van der Waals surface area contributed by atoms with E-state index in [2.05, 4.69) is 10.1 Å². The van der Waals surface area contributed by atoms with E-state index in [4.69, 9.17) is 0 Å². The molecule has 0 spiro atoms. The minimum absolute atomic E-state index is 0.631. The van der Waals surface area contributed by atoms with Crippen molar-refractivity contribution < 1.29 is 5.11 Å². The Morgan fingerprint density at radius 2 is 2.24 bits per heavy atom. The van der Waals surface area contributed by atoms with E-state index in [1.807, 2.05) is 36.0 Å². The third kappa shape index (κ3) is 1.60. The molecule has 1 N–H and O–H groups in total. The summed E-state index contributed by atoms with van der Waals surface area (Å²) in [6.07, 6.45) is 6.26. The van der Waals surface area contributed by atoms with Gasteiger partial charge in [0, 0.05) is 25.0 Å². The molecule has 5 nitrogen and oxygen atoms in total. The van der Waals surface area contributed by atoms with Crippen LogP contribution in [-0.4, -0.2) is 24.3 Å². The highest BCUT2D eigenvalue weighted by atomic mass is 16.3. The second kappa shape index (κ2) is 3.71. The van der Waals surface area contributed by atoms with E-state index < -0.39 is 6.10 Å². The minimum Gasteiger partial charge on any atom is -0.382 e. The van der Waals surface area contributed by atoms with Gasteiger partial charge in [0.25, 0.3) is 0 Å². The van der Waals surface area contributed by atoms with E-state index in [1.54, 1.807) is 23.2 Å². The van der Waals surface area contributed by atoms with Gasteiger partial charge in [-0.3, -0.25) is 0 Å². The maximum atomic E-state index is 10.3. The number of imidazole rings is 1. The average Bonchev–Trinajstić information content (AvgIpc) is 2.94. The number of fused-ring (bicyclic) bond motifs is 1. The molecule has 0 aliphatic carbocycles. The summed E-state index contributed by atoms with van der Waals surface area (Å²) in [5.41, 5.74) is 2.29. The highest BCUT2D eigenvalue weighted by molar-refractivity contribution is 5.55. The molecular formula is C12H12N4O. The number of aliphatic hydroxyl groups excluding tert-OH is 1. The van der Waals surface area contributed by atoms with Crippen molar-refractivity contribution in [1.29, 1.82) is 0 Å². The molecule has 0 aromatic carbocycles. The zero-order valence-electron chi connectivity index (χ0n) is 9.35. The van der Waals surface area contributed by atoms with Crippen LogP contribution in [0.4, 0.5) is 0 Å². The molecule has 3 rings (SSSR count). The summed E-state index contributed by atoms with van der Waals surface area (Å²) >= 11 is 0. The number of pyridine rings is 1. The molecular weight excluding hydrogens is 216 g/mol. The van der Waals surface area contributed by atoms with Gasteiger partial charge >= 0.3 is 0 Å². The molecule has 86 valence electrons. The molecule has 0 radical (unpaired) electrons. The normalized spacial score (nSPS) is 13.1. The van der Waals surface area contributed by atoms with E-state index in [0.29, 0.717) is 5.69 Å². The lowest BCUT2D eigenvalue weighted by atomic mass is 10.1. The minimum atomic E-state index is -0.740. The molecule has 3 aromatic heterocycles. The predicted octanol–water partition coefficient (Wildman–Crippen LogP) is 1.15. The monoisotopic (exact) mass is 228 g/mol. The fourth-order valence-corrected chi connectivity index (χ4v) is 1.90. The molecule has 3 heterocycles. The Bertz CT molecular complexity index is 655. The predicted molar refractivity (Wildman–Crippen MR) is 62.5 cm³/mol. The number of rotatable bonds is 2. The maximum absolute atomic E-state index is 10.3.